The van der Waals surface area contributed by atoms with Gasteiger partial charge in [-0.05, 0) is 63.1 Å². The summed E-state index contributed by atoms with van der Waals surface area (Å²) in [4.78, 5) is 9.94. The molecule has 0 unspecified atom stereocenters. The Bertz CT molecular complexity index is 1550. The largest absolute Gasteiger partial charge is 0.266 e. The summed E-state index contributed by atoms with van der Waals surface area (Å²) in [5.74, 6) is 0. The van der Waals surface area contributed by atoms with Crippen molar-refractivity contribution in [1.82, 2.24) is 0 Å². The van der Waals surface area contributed by atoms with Gasteiger partial charge in [-0.2, -0.15) is 0 Å². The topological polar surface area (TPSA) is 37.4 Å². The van der Waals surface area contributed by atoms with Gasteiger partial charge in [-0.25, -0.2) is 8.42 Å². The third kappa shape index (κ3) is 7.69. The van der Waals surface area contributed by atoms with Gasteiger partial charge in [-0.1, -0.05) is 90.9 Å². The molecule has 5 rings (SSSR count). The van der Waals surface area contributed by atoms with Crippen LogP contribution in [-0.2, 0) is 10.0 Å². The molecule has 0 aromatic carbocycles. The molecule has 43 heavy (non-hydrogen) atoms. The van der Waals surface area contributed by atoms with E-state index in [2.05, 4.69) is 51.1 Å². The fourth-order valence-corrected chi connectivity index (χ4v) is 12.9. The van der Waals surface area contributed by atoms with Crippen molar-refractivity contribution in [3.8, 4) is 29.3 Å². The Kier molecular flexibility index (Phi) is 11.7. The van der Waals surface area contributed by atoms with Gasteiger partial charge in [0.2, 0.25) is 0 Å². The number of anilines is 1. The second-order valence-corrected chi connectivity index (χ2v) is 18.5. The van der Waals surface area contributed by atoms with Crippen molar-refractivity contribution in [2.45, 2.75) is 129 Å². The molecule has 0 amide bonds. The second kappa shape index (κ2) is 15.2. The normalized spacial score (nSPS) is 14.0. The molecule has 5 heterocycles. The molecule has 0 radical (unpaired) electrons. The summed E-state index contributed by atoms with van der Waals surface area (Å²) in [5.41, 5.74) is 0.915. The van der Waals surface area contributed by atoms with Crippen molar-refractivity contribution in [2.24, 2.45) is 0 Å². The van der Waals surface area contributed by atoms with Gasteiger partial charge < -0.3 is 0 Å². The van der Waals surface area contributed by atoms with E-state index in [4.69, 9.17) is 0 Å². The quantitative estimate of drug-likeness (QED) is 0.105. The van der Waals surface area contributed by atoms with Crippen LogP contribution in [0.1, 0.15) is 113 Å². The van der Waals surface area contributed by atoms with Gasteiger partial charge in [0, 0.05) is 35.3 Å². The van der Waals surface area contributed by atoms with E-state index < -0.39 is 10.0 Å². The number of fused-ring (bicyclic) bond motifs is 3. The summed E-state index contributed by atoms with van der Waals surface area (Å²) >= 11 is 7.05. The minimum Gasteiger partial charge on any atom is -0.262 e. The maximum Gasteiger partial charge on any atom is 0.266 e. The first-order valence-electron chi connectivity index (χ1n) is 16.3. The molecule has 0 aliphatic carbocycles. The summed E-state index contributed by atoms with van der Waals surface area (Å²) in [6.07, 6.45) is 16.6. The molecule has 1 aliphatic rings. The van der Waals surface area contributed by atoms with Gasteiger partial charge in [0.05, 0.1) is 15.4 Å². The van der Waals surface area contributed by atoms with Crippen LogP contribution in [0.2, 0.25) is 0 Å². The van der Waals surface area contributed by atoms with Gasteiger partial charge in [0.15, 0.2) is 0 Å². The first kappa shape index (κ1) is 32.9. The van der Waals surface area contributed by atoms with Crippen LogP contribution in [0.3, 0.4) is 0 Å². The van der Waals surface area contributed by atoms with Crippen LogP contribution in [-0.4, -0.2) is 14.5 Å². The maximum absolute atomic E-state index is 14.4. The van der Waals surface area contributed by atoms with E-state index in [1.807, 2.05) is 40.0 Å². The highest BCUT2D eigenvalue weighted by Gasteiger charge is 2.41. The van der Waals surface area contributed by atoms with Crippen molar-refractivity contribution < 1.29 is 8.42 Å². The van der Waals surface area contributed by atoms with E-state index >= 15 is 0 Å². The highest BCUT2D eigenvalue weighted by atomic mass is 32.2. The first-order valence-corrected chi connectivity index (χ1v) is 21.0. The number of nitrogens with zero attached hydrogens (tertiary/aromatic N) is 1. The van der Waals surface area contributed by atoms with Crippen LogP contribution in [0.5, 0.6) is 0 Å². The molecule has 3 nitrogen and oxygen atoms in total. The molecule has 0 N–H and O–H groups in total. The Balaban J connectivity index is 1.46. The van der Waals surface area contributed by atoms with Crippen LogP contribution in [0.15, 0.2) is 41.3 Å². The lowest BCUT2D eigenvalue weighted by atomic mass is 9.99. The van der Waals surface area contributed by atoms with Crippen LogP contribution < -0.4 is 4.31 Å². The summed E-state index contributed by atoms with van der Waals surface area (Å²) in [6, 6.07) is 12.9. The lowest BCUT2D eigenvalue weighted by molar-refractivity contribution is 0.477. The van der Waals surface area contributed by atoms with E-state index in [0.29, 0.717) is 4.90 Å². The predicted molar refractivity (Wildman–Crippen MR) is 193 cm³/mol. The van der Waals surface area contributed by atoms with Crippen LogP contribution in [0.4, 0.5) is 5.69 Å². The van der Waals surface area contributed by atoms with Crippen LogP contribution in [0, 0.1) is 13.8 Å². The smallest absolute Gasteiger partial charge is 0.262 e. The average Bonchev–Trinajstić information content (AvgIpc) is 3.78. The van der Waals surface area contributed by atoms with Crippen molar-refractivity contribution >= 4 is 61.1 Å². The summed E-state index contributed by atoms with van der Waals surface area (Å²) in [5, 5.41) is 0. The van der Waals surface area contributed by atoms with Crippen molar-refractivity contribution in [3.63, 3.8) is 0 Å². The molecule has 0 fully saturated rings. The molecule has 4 aromatic heterocycles. The van der Waals surface area contributed by atoms with E-state index in [-0.39, 0.29) is 6.04 Å². The third-order valence-electron chi connectivity index (χ3n) is 8.46. The molecule has 0 spiro atoms. The minimum absolute atomic E-state index is 0.00453. The maximum atomic E-state index is 14.4. The highest BCUT2D eigenvalue weighted by molar-refractivity contribution is 7.93. The van der Waals surface area contributed by atoms with Gasteiger partial charge in [-0.3, -0.25) is 4.31 Å². The molecule has 8 heteroatoms. The van der Waals surface area contributed by atoms with E-state index in [0.717, 1.165) is 46.0 Å². The van der Waals surface area contributed by atoms with Gasteiger partial charge in [0.25, 0.3) is 10.0 Å². The van der Waals surface area contributed by atoms with E-state index in [9.17, 15) is 8.42 Å². The fraction of sp³-hybridized carbons (Fsp3) is 0.543. The Hall–Kier alpha value is -1.45. The zero-order chi connectivity index (χ0) is 30.4. The Morgan fingerprint density at radius 1 is 0.605 bits per heavy atom. The van der Waals surface area contributed by atoms with Crippen LogP contribution >= 0.6 is 45.3 Å². The molecular formula is C35H47NO2S5. The predicted octanol–water partition coefficient (Wildman–Crippen LogP) is 12.9. The zero-order valence-electron chi connectivity index (χ0n) is 26.2. The molecule has 0 atom stereocenters. The number of hydrogen-bond donors (Lipinski definition) is 0. The standard InChI is InChI=1S/C35H47NO2S5/c1-5-7-9-11-13-15-17-27(18-16-14-12-10-8-6-2)36-28-24-32(31-22-21-30(41-31)29-20-19-25(3)39-29)42-34(28)35-33(43(36,37)38)23-26(4)40-35/h19-24,27H,5-18H2,1-4H3. The monoisotopic (exact) mass is 673 g/mol. The minimum atomic E-state index is -3.63. The van der Waals surface area contributed by atoms with E-state index in [1.54, 1.807) is 22.7 Å². The molecule has 234 valence electrons. The summed E-state index contributed by atoms with van der Waals surface area (Å²) < 4.78 is 30.8. The number of aryl methyl sites for hydroxylation is 2. The average molecular weight is 674 g/mol. The molecule has 1 aliphatic heterocycles. The van der Waals surface area contributed by atoms with E-state index in [1.165, 1.54) is 88.6 Å². The number of unbranched alkanes of at least 4 members (excludes halogenated alkanes) is 10. The second-order valence-electron chi connectivity index (χ2n) is 12.0. The lowest BCUT2D eigenvalue weighted by Gasteiger charge is -2.35. The van der Waals surface area contributed by atoms with Crippen molar-refractivity contribution in [1.29, 1.82) is 0 Å². The molecule has 0 saturated carbocycles. The lowest BCUT2D eigenvalue weighted by Crippen LogP contribution is -2.42. The number of rotatable bonds is 17. The fourth-order valence-electron chi connectivity index (χ4n) is 6.17. The number of thiophene rings is 4. The van der Waals surface area contributed by atoms with Gasteiger partial charge in [0.1, 0.15) is 4.90 Å². The van der Waals surface area contributed by atoms with Crippen LogP contribution in [0.25, 0.3) is 29.3 Å². The highest BCUT2D eigenvalue weighted by Crippen LogP contribution is 2.55. The SMILES string of the molecule is CCCCCCCCC(CCCCCCCC)N1c2cc(-c3ccc(-c4ccc(C)s4)s3)sc2-c2sc(C)cc2S1(=O)=O. The zero-order valence-corrected chi connectivity index (χ0v) is 30.3. The Morgan fingerprint density at radius 3 is 1.77 bits per heavy atom. The Labute approximate surface area is 276 Å². The molecule has 0 saturated heterocycles. The third-order valence-corrected chi connectivity index (χ3v) is 15.3. The van der Waals surface area contributed by atoms with Crippen molar-refractivity contribution in [3.05, 3.63) is 46.2 Å². The summed E-state index contributed by atoms with van der Waals surface area (Å²) in [6.45, 7) is 8.70. The first-order chi connectivity index (χ1) is 20.8. The van der Waals surface area contributed by atoms with Gasteiger partial charge in [-0.15, -0.1) is 45.3 Å². The summed E-state index contributed by atoms with van der Waals surface area (Å²) in [7, 11) is -3.63. The number of sulfonamides is 1. The van der Waals surface area contributed by atoms with Gasteiger partial charge >= 0.3 is 0 Å². The Morgan fingerprint density at radius 2 is 1.16 bits per heavy atom. The molecular weight excluding hydrogens is 627 g/mol. The molecule has 0 bridgehead atoms. The molecule has 4 aromatic rings. The number of hydrogen-bond acceptors (Lipinski definition) is 6. The van der Waals surface area contributed by atoms with Crippen molar-refractivity contribution in [2.75, 3.05) is 4.31 Å².